The largest absolute Gasteiger partial charge is 0.480 e. The summed E-state index contributed by atoms with van der Waals surface area (Å²) in [5, 5.41) is 8.99. The minimum absolute atomic E-state index is 0.282. The first-order valence-corrected chi connectivity index (χ1v) is 5.88. The Morgan fingerprint density at radius 1 is 1.56 bits per heavy atom. The number of aliphatic carboxylic acids is 1. The first-order valence-electron chi connectivity index (χ1n) is 5.88. The monoisotopic (exact) mass is 231 g/mol. The maximum Gasteiger partial charge on any atom is 0.323 e. The average molecular weight is 231 g/mol. The van der Waals surface area contributed by atoms with Gasteiger partial charge in [-0.3, -0.25) is 9.69 Å². The molecule has 5 heteroatoms. The summed E-state index contributed by atoms with van der Waals surface area (Å²) in [5.74, 6) is -0.812. The Balaban J connectivity index is 2.19. The topological polar surface area (TPSA) is 59.0 Å². The summed E-state index contributed by atoms with van der Waals surface area (Å²) >= 11 is 0. The molecule has 1 unspecified atom stereocenters. The van der Waals surface area contributed by atoms with Gasteiger partial charge in [-0.2, -0.15) is 0 Å². The molecule has 1 rings (SSSR count). The van der Waals surface area contributed by atoms with Crippen molar-refractivity contribution in [3.05, 3.63) is 0 Å². The van der Waals surface area contributed by atoms with Gasteiger partial charge in [0.25, 0.3) is 0 Å². The summed E-state index contributed by atoms with van der Waals surface area (Å²) in [4.78, 5) is 12.9. The van der Waals surface area contributed by atoms with Crippen LogP contribution >= 0.6 is 0 Å². The lowest BCUT2D eigenvalue weighted by Crippen LogP contribution is -2.50. The first kappa shape index (κ1) is 13.4. The molecule has 1 aliphatic rings. The number of carboxylic acids is 1. The molecule has 16 heavy (non-hydrogen) atoms. The summed E-state index contributed by atoms with van der Waals surface area (Å²) in [6.07, 6.45) is 2.18. The van der Waals surface area contributed by atoms with Crippen molar-refractivity contribution >= 4 is 5.97 Å². The second kappa shape index (κ2) is 7.60. The molecule has 1 aliphatic heterocycles. The van der Waals surface area contributed by atoms with Crippen LogP contribution in [-0.4, -0.2) is 61.5 Å². The molecule has 0 aromatic rings. The van der Waals surface area contributed by atoms with Gasteiger partial charge in [0.15, 0.2) is 0 Å². The highest BCUT2D eigenvalue weighted by Gasteiger charge is 2.28. The fraction of sp³-hybridized carbons (Fsp3) is 0.909. The van der Waals surface area contributed by atoms with Crippen molar-refractivity contribution in [2.75, 3.05) is 39.5 Å². The summed E-state index contributed by atoms with van der Waals surface area (Å²) in [6.45, 7) is 5.72. The van der Waals surface area contributed by atoms with Gasteiger partial charge in [0.2, 0.25) is 0 Å². The Bertz CT molecular complexity index is 210. The van der Waals surface area contributed by atoms with Gasteiger partial charge < -0.3 is 14.6 Å². The van der Waals surface area contributed by atoms with Crippen LogP contribution in [0.5, 0.6) is 0 Å². The second-order valence-electron chi connectivity index (χ2n) is 3.93. The Labute approximate surface area is 96.3 Å². The van der Waals surface area contributed by atoms with Crippen molar-refractivity contribution in [3.63, 3.8) is 0 Å². The number of morpholine rings is 1. The first-order chi connectivity index (χ1) is 7.75. The molecule has 1 fully saturated rings. The highest BCUT2D eigenvalue weighted by Crippen LogP contribution is 2.06. The Morgan fingerprint density at radius 2 is 2.38 bits per heavy atom. The smallest absolute Gasteiger partial charge is 0.323 e. The van der Waals surface area contributed by atoms with E-state index in [1.807, 2.05) is 4.90 Å². The van der Waals surface area contributed by atoms with Gasteiger partial charge in [-0.05, 0) is 6.42 Å². The van der Waals surface area contributed by atoms with E-state index in [2.05, 4.69) is 6.92 Å². The molecule has 5 nitrogen and oxygen atoms in total. The van der Waals surface area contributed by atoms with Crippen LogP contribution in [0.1, 0.15) is 19.8 Å². The molecular weight excluding hydrogens is 210 g/mol. The quantitative estimate of drug-likeness (QED) is 0.650. The zero-order valence-corrected chi connectivity index (χ0v) is 9.85. The number of rotatable bonds is 7. The van der Waals surface area contributed by atoms with Crippen molar-refractivity contribution in [3.8, 4) is 0 Å². The lowest BCUT2D eigenvalue weighted by atomic mass is 10.2. The molecule has 0 aromatic carbocycles. The molecule has 0 bridgehead atoms. The summed E-state index contributed by atoms with van der Waals surface area (Å²) in [7, 11) is 0. The van der Waals surface area contributed by atoms with E-state index in [9.17, 15) is 4.79 Å². The van der Waals surface area contributed by atoms with Crippen LogP contribution in [-0.2, 0) is 14.3 Å². The van der Waals surface area contributed by atoms with Gasteiger partial charge in [-0.1, -0.05) is 13.3 Å². The molecule has 1 saturated heterocycles. The van der Waals surface area contributed by atoms with E-state index in [1.165, 1.54) is 0 Å². The summed E-state index contributed by atoms with van der Waals surface area (Å²) in [6, 6.07) is -0.511. The van der Waals surface area contributed by atoms with E-state index < -0.39 is 12.0 Å². The van der Waals surface area contributed by atoms with Gasteiger partial charge in [0, 0.05) is 19.7 Å². The van der Waals surface area contributed by atoms with Crippen LogP contribution in [0.2, 0.25) is 0 Å². The van der Waals surface area contributed by atoms with Crippen LogP contribution < -0.4 is 0 Å². The third-order valence-corrected chi connectivity index (χ3v) is 2.69. The van der Waals surface area contributed by atoms with Crippen molar-refractivity contribution in [1.29, 1.82) is 0 Å². The standard InChI is InChI=1S/C11H21NO4/c1-2-3-6-15-7-4-12-5-8-16-9-10(12)11(13)14/h10H,2-9H2,1H3,(H,13,14). The Hall–Kier alpha value is -0.650. The molecule has 0 saturated carbocycles. The van der Waals surface area contributed by atoms with E-state index >= 15 is 0 Å². The molecule has 94 valence electrons. The van der Waals surface area contributed by atoms with E-state index in [1.54, 1.807) is 0 Å². The number of unbranched alkanes of at least 4 members (excludes halogenated alkanes) is 1. The van der Waals surface area contributed by atoms with Crippen molar-refractivity contribution in [2.45, 2.75) is 25.8 Å². The highest BCUT2D eigenvalue weighted by atomic mass is 16.5. The lowest BCUT2D eigenvalue weighted by Gasteiger charge is -2.32. The van der Waals surface area contributed by atoms with Crippen LogP contribution in [0.25, 0.3) is 0 Å². The van der Waals surface area contributed by atoms with Crippen molar-refractivity contribution < 1.29 is 19.4 Å². The predicted molar refractivity (Wildman–Crippen MR) is 59.5 cm³/mol. The SMILES string of the molecule is CCCCOCCN1CCOCC1C(=O)O. The van der Waals surface area contributed by atoms with Crippen LogP contribution in [0, 0.1) is 0 Å². The molecule has 0 radical (unpaired) electrons. The molecule has 1 N–H and O–H groups in total. The molecule has 1 atom stereocenters. The number of nitrogens with zero attached hydrogens (tertiary/aromatic N) is 1. The summed E-state index contributed by atoms with van der Waals surface area (Å²) in [5.41, 5.74) is 0. The maximum atomic E-state index is 10.9. The number of carbonyl (C=O) groups is 1. The molecule has 0 aliphatic carbocycles. The van der Waals surface area contributed by atoms with E-state index in [0.29, 0.717) is 26.3 Å². The zero-order valence-electron chi connectivity index (χ0n) is 9.85. The van der Waals surface area contributed by atoms with Gasteiger partial charge in [0.1, 0.15) is 6.04 Å². The van der Waals surface area contributed by atoms with Gasteiger partial charge in [-0.15, -0.1) is 0 Å². The maximum absolute atomic E-state index is 10.9. The molecular formula is C11H21NO4. The normalized spacial score (nSPS) is 22.2. The average Bonchev–Trinajstić information content (AvgIpc) is 2.29. The zero-order chi connectivity index (χ0) is 11.8. The number of carboxylic acid groups (broad SMARTS) is 1. The third kappa shape index (κ3) is 4.47. The van der Waals surface area contributed by atoms with E-state index in [4.69, 9.17) is 14.6 Å². The number of ether oxygens (including phenoxy) is 2. The van der Waals surface area contributed by atoms with E-state index in [-0.39, 0.29) is 6.61 Å². The van der Waals surface area contributed by atoms with Gasteiger partial charge >= 0.3 is 5.97 Å². The predicted octanol–water partition coefficient (Wildman–Crippen LogP) is 0.589. The van der Waals surface area contributed by atoms with Crippen molar-refractivity contribution in [2.24, 2.45) is 0 Å². The minimum atomic E-state index is -0.812. The van der Waals surface area contributed by atoms with Gasteiger partial charge in [-0.25, -0.2) is 0 Å². The third-order valence-electron chi connectivity index (χ3n) is 2.69. The summed E-state index contributed by atoms with van der Waals surface area (Å²) < 4.78 is 10.6. The number of hydrogen-bond donors (Lipinski definition) is 1. The van der Waals surface area contributed by atoms with Crippen LogP contribution in [0.15, 0.2) is 0 Å². The fourth-order valence-electron chi connectivity index (χ4n) is 1.66. The molecule has 0 spiro atoms. The second-order valence-corrected chi connectivity index (χ2v) is 3.93. The Kier molecular flexibility index (Phi) is 6.37. The molecule has 1 heterocycles. The lowest BCUT2D eigenvalue weighted by molar-refractivity contribution is -0.150. The Morgan fingerprint density at radius 3 is 3.06 bits per heavy atom. The van der Waals surface area contributed by atoms with Crippen molar-refractivity contribution in [1.82, 2.24) is 4.90 Å². The van der Waals surface area contributed by atoms with Crippen LogP contribution in [0.3, 0.4) is 0 Å². The fourth-order valence-corrected chi connectivity index (χ4v) is 1.66. The number of hydrogen-bond acceptors (Lipinski definition) is 4. The van der Waals surface area contributed by atoms with E-state index in [0.717, 1.165) is 19.4 Å². The van der Waals surface area contributed by atoms with Crippen LogP contribution in [0.4, 0.5) is 0 Å². The highest BCUT2D eigenvalue weighted by molar-refractivity contribution is 5.73. The van der Waals surface area contributed by atoms with Gasteiger partial charge in [0.05, 0.1) is 19.8 Å². The molecule has 0 amide bonds. The molecule has 0 aromatic heterocycles. The minimum Gasteiger partial charge on any atom is -0.480 e.